The molecule has 0 aromatic carbocycles. The number of hydrogen-bond acceptors (Lipinski definition) is 5. The summed E-state index contributed by atoms with van der Waals surface area (Å²) in [5.41, 5.74) is 1.68. The molecule has 9 heteroatoms. The van der Waals surface area contributed by atoms with E-state index in [9.17, 15) is 13.2 Å². The van der Waals surface area contributed by atoms with Crippen molar-refractivity contribution in [2.45, 2.75) is 39.8 Å². The van der Waals surface area contributed by atoms with E-state index in [-0.39, 0.29) is 11.1 Å². The Balaban J connectivity index is 1.90. The van der Waals surface area contributed by atoms with E-state index in [0.29, 0.717) is 17.9 Å². The molecule has 0 amide bonds. The number of aromatic nitrogens is 4. The van der Waals surface area contributed by atoms with Gasteiger partial charge in [-0.15, -0.1) is 15.3 Å². The number of alkyl halides is 3. The monoisotopic (exact) mass is 356 g/mol. The third-order valence-corrected chi connectivity index (χ3v) is 5.22. The minimum Gasteiger partial charge on any atom is -0.368 e. The average molecular weight is 356 g/mol. The van der Waals surface area contributed by atoms with E-state index in [1.54, 1.807) is 6.92 Å². The summed E-state index contributed by atoms with van der Waals surface area (Å²) in [5, 5.41) is 14.3. The minimum atomic E-state index is -4.59. The van der Waals surface area contributed by atoms with Gasteiger partial charge < -0.3 is 10.2 Å². The summed E-state index contributed by atoms with van der Waals surface area (Å²) in [6.45, 7) is 8.49. The summed E-state index contributed by atoms with van der Waals surface area (Å²) in [7, 11) is 2.10. The number of hydrogen-bond donors (Lipinski definition) is 1. The number of nitrogens with one attached hydrogen (secondary N) is 1. The van der Waals surface area contributed by atoms with Gasteiger partial charge in [-0.25, -0.2) is 0 Å². The van der Waals surface area contributed by atoms with Gasteiger partial charge in [-0.3, -0.25) is 0 Å². The van der Waals surface area contributed by atoms with E-state index in [4.69, 9.17) is 0 Å². The first kappa shape index (κ1) is 17.9. The lowest BCUT2D eigenvalue weighted by atomic mass is 9.80. The van der Waals surface area contributed by atoms with Crippen molar-refractivity contribution in [2.75, 3.05) is 32.0 Å². The second kappa shape index (κ2) is 6.12. The van der Waals surface area contributed by atoms with Crippen molar-refractivity contribution in [1.29, 1.82) is 0 Å². The van der Waals surface area contributed by atoms with Crippen LogP contribution in [-0.2, 0) is 6.18 Å². The maximum Gasteiger partial charge on any atom is 0.453 e. The van der Waals surface area contributed by atoms with Crippen LogP contribution < -0.4 is 5.32 Å². The molecule has 1 fully saturated rings. The molecule has 1 saturated heterocycles. The summed E-state index contributed by atoms with van der Waals surface area (Å²) in [6.07, 6.45) is -2.51. The molecule has 0 spiro atoms. The Kier molecular flexibility index (Phi) is 4.38. The fraction of sp³-hybridized carbons (Fsp3) is 0.688. The van der Waals surface area contributed by atoms with Crippen molar-refractivity contribution in [3.63, 3.8) is 0 Å². The molecular weight excluding hydrogens is 333 g/mol. The smallest absolute Gasteiger partial charge is 0.368 e. The van der Waals surface area contributed by atoms with Crippen molar-refractivity contribution >= 4 is 11.5 Å². The van der Waals surface area contributed by atoms with Crippen molar-refractivity contribution in [3.05, 3.63) is 17.0 Å². The highest BCUT2D eigenvalue weighted by molar-refractivity contribution is 5.58. The fourth-order valence-electron chi connectivity index (χ4n) is 3.11. The minimum absolute atomic E-state index is 0.101. The number of aryl methyl sites for hydroxylation is 1. The Labute approximate surface area is 144 Å². The lowest BCUT2D eigenvalue weighted by molar-refractivity contribution is -0.146. The summed E-state index contributed by atoms with van der Waals surface area (Å²) in [4.78, 5) is 2.29. The van der Waals surface area contributed by atoms with E-state index < -0.39 is 12.0 Å². The Bertz CT molecular complexity index is 774. The molecule has 0 aliphatic carbocycles. The molecule has 25 heavy (non-hydrogen) atoms. The summed E-state index contributed by atoms with van der Waals surface area (Å²) >= 11 is 0. The first-order valence-corrected chi connectivity index (χ1v) is 8.33. The molecule has 6 nitrogen and oxygen atoms in total. The summed E-state index contributed by atoms with van der Waals surface area (Å²) in [6, 6.07) is 0. The number of nitrogens with zero attached hydrogens (tertiary/aromatic N) is 5. The Hall–Kier alpha value is -1.90. The van der Waals surface area contributed by atoms with Crippen LogP contribution in [0.2, 0.25) is 0 Å². The third-order valence-electron chi connectivity index (χ3n) is 5.22. The molecule has 0 unspecified atom stereocenters. The van der Waals surface area contributed by atoms with Gasteiger partial charge >= 0.3 is 6.18 Å². The van der Waals surface area contributed by atoms with Crippen LogP contribution in [0.3, 0.4) is 0 Å². The van der Waals surface area contributed by atoms with Crippen molar-refractivity contribution in [2.24, 2.45) is 5.41 Å². The van der Waals surface area contributed by atoms with E-state index in [1.165, 1.54) is 0 Å². The van der Waals surface area contributed by atoms with Gasteiger partial charge in [-0.2, -0.15) is 17.7 Å². The fourth-order valence-corrected chi connectivity index (χ4v) is 3.11. The van der Waals surface area contributed by atoms with Gasteiger partial charge in [-0.1, -0.05) is 6.92 Å². The number of fused-ring (bicyclic) bond motifs is 1. The molecule has 0 radical (unpaired) electrons. The summed E-state index contributed by atoms with van der Waals surface area (Å²) in [5.74, 6) is -0.644. The number of piperidine rings is 1. The molecule has 1 aliphatic heterocycles. The van der Waals surface area contributed by atoms with Crippen LogP contribution in [-0.4, -0.2) is 51.4 Å². The van der Waals surface area contributed by atoms with Crippen molar-refractivity contribution in [1.82, 2.24) is 24.7 Å². The predicted octanol–water partition coefficient (Wildman–Crippen LogP) is 2.90. The number of anilines is 1. The Morgan fingerprint density at radius 1 is 1.12 bits per heavy atom. The first-order chi connectivity index (χ1) is 11.6. The second-order valence-corrected chi connectivity index (χ2v) is 7.32. The van der Waals surface area contributed by atoms with Crippen LogP contribution in [0.4, 0.5) is 19.0 Å². The van der Waals surface area contributed by atoms with Crippen LogP contribution in [0.5, 0.6) is 0 Å². The van der Waals surface area contributed by atoms with E-state index in [0.717, 1.165) is 36.0 Å². The SMILES string of the molecule is Cc1c(NCC2(C)CCN(C)CC2)nn2c(C(F)(F)F)nnc2c1C. The number of halogens is 3. The van der Waals surface area contributed by atoms with Gasteiger partial charge in [0.2, 0.25) is 0 Å². The standard InChI is InChI=1S/C16H23F3N6/c1-10-11(2)13-21-22-14(16(17,18)19)25(13)23-12(10)20-9-15(3)5-7-24(4)8-6-15/h5-9H2,1-4H3,(H,20,23). The molecule has 138 valence electrons. The van der Waals surface area contributed by atoms with Crippen molar-refractivity contribution in [3.8, 4) is 0 Å². The molecule has 0 saturated carbocycles. The third kappa shape index (κ3) is 3.42. The van der Waals surface area contributed by atoms with Gasteiger partial charge in [0.05, 0.1) is 0 Å². The van der Waals surface area contributed by atoms with Gasteiger partial charge in [0.15, 0.2) is 5.65 Å². The first-order valence-electron chi connectivity index (χ1n) is 8.33. The highest BCUT2D eigenvalue weighted by atomic mass is 19.4. The van der Waals surface area contributed by atoms with Gasteiger partial charge in [0, 0.05) is 12.1 Å². The summed E-state index contributed by atoms with van der Waals surface area (Å²) < 4.78 is 40.1. The largest absolute Gasteiger partial charge is 0.453 e. The zero-order chi connectivity index (χ0) is 18.4. The zero-order valence-electron chi connectivity index (χ0n) is 14.9. The predicted molar refractivity (Wildman–Crippen MR) is 88.6 cm³/mol. The van der Waals surface area contributed by atoms with Crippen LogP contribution in [0.25, 0.3) is 5.65 Å². The van der Waals surface area contributed by atoms with Crippen LogP contribution in [0.15, 0.2) is 0 Å². The molecule has 3 heterocycles. The van der Waals surface area contributed by atoms with Gasteiger partial charge in [0.25, 0.3) is 5.82 Å². The second-order valence-electron chi connectivity index (χ2n) is 7.32. The lowest BCUT2D eigenvalue weighted by Gasteiger charge is -2.38. The van der Waals surface area contributed by atoms with Crippen LogP contribution >= 0.6 is 0 Å². The van der Waals surface area contributed by atoms with Crippen LogP contribution in [0, 0.1) is 19.3 Å². The highest BCUT2D eigenvalue weighted by Crippen LogP contribution is 2.32. The van der Waals surface area contributed by atoms with E-state index in [1.807, 2.05) is 6.92 Å². The normalized spacial score (nSPS) is 18.7. The maximum absolute atomic E-state index is 13.1. The molecule has 1 aliphatic rings. The van der Waals surface area contributed by atoms with Gasteiger partial charge in [-0.05, 0) is 57.8 Å². The maximum atomic E-state index is 13.1. The average Bonchev–Trinajstić information content (AvgIpc) is 2.97. The molecule has 1 N–H and O–H groups in total. The van der Waals surface area contributed by atoms with Gasteiger partial charge in [0.1, 0.15) is 5.82 Å². The molecule has 0 bridgehead atoms. The molecule has 0 atom stereocenters. The zero-order valence-corrected chi connectivity index (χ0v) is 14.9. The van der Waals surface area contributed by atoms with E-state index >= 15 is 0 Å². The Morgan fingerprint density at radius 2 is 1.76 bits per heavy atom. The number of rotatable bonds is 3. The number of likely N-dealkylation sites (tertiary alicyclic amines) is 1. The highest BCUT2D eigenvalue weighted by Gasteiger charge is 2.38. The lowest BCUT2D eigenvalue weighted by Crippen LogP contribution is -2.40. The molecule has 2 aromatic heterocycles. The van der Waals surface area contributed by atoms with E-state index in [2.05, 4.69) is 39.5 Å². The quantitative estimate of drug-likeness (QED) is 0.916. The molecular formula is C16H23F3N6. The van der Waals surface area contributed by atoms with Crippen molar-refractivity contribution < 1.29 is 13.2 Å². The Morgan fingerprint density at radius 3 is 2.36 bits per heavy atom. The molecule has 2 aromatic rings. The topological polar surface area (TPSA) is 58.4 Å². The molecule has 3 rings (SSSR count). The van der Waals surface area contributed by atoms with Crippen LogP contribution in [0.1, 0.15) is 36.7 Å².